The first kappa shape index (κ1) is 30.9. The van der Waals surface area contributed by atoms with Crippen LogP contribution in [0.3, 0.4) is 0 Å². The van der Waals surface area contributed by atoms with Gasteiger partial charge < -0.3 is 30.6 Å². The van der Waals surface area contributed by atoms with Crippen molar-refractivity contribution < 1.29 is 39.6 Å². The molecule has 0 spiro atoms. The molecule has 192 valence electrons. The van der Waals surface area contributed by atoms with Gasteiger partial charge in [0, 0.05) is 18.7 Å². The number of hydrogen-bond donors (Lipinski definition) is 5. The highest BCUT2D eigenvalue weighted by Crippen LogP contribution is 2.19. The zero-order chi connectivity index (χ0) is 26.8. The molecular weight excluding hydrogens is 460 g/mol. The highest BCUT2D eigenvalue weighted by molar-refractivity contribution is 6.27. The molecule has 0 saturated carbocycles. The number of rotatable bonds is 9. The minimum atomic E-state index is -1.82. The third-order valence-corrected chi connectivity index (χ3v) is 4.22. The second kappa shape index (κ2) is 17.4. The Bertz CT molecular complexity index is 900. The van der Waals surface area contributed by atoms with Gasteiger partial charge in [0.25, 0.3) is 0 Å². The van der Waals surface area contributed by atoms with E-state index in [-0.39, 0.29) is 0 Å². The summed E-state index contributed by atoms with van der Waals surface area (Å²) in [6.07, 6.45) is 2.40. The van der Waals surface area contributed by atoms with Crippen LogP contribution in [0.1, 0.15) is 32.3 Å². The zero-order valence-corrected chi connectivity index (χ0v) is 20.0. The first-order valence-corrected chi connectivity index (χ1v) is 10.8. The monoisotopic (exact) mass is 492 g/mol. The Kier molecular flexibility index (Phi) is 15.4. The lowest BCUT2D eigenvalue weighted by atomic mass is 10.1. The number of carbonyl (C=O) groups is 4. The van der Waals surface area contributed by atoms with Gasteiger partial charge in [-0.1, -0.05) is 44.2 Å². The van der Waals surface area contributed by atoms with Gasteiger partial charge in [0.1, 0.15) is 0 Å². The van der Waals surface area contributed by atoms with Crippen LogP contribution < -0.4 is 5.32 Å². The SMILES string of the molecule is CCCN(CCC)CCNc1nnc(-c2ccccc2)cc1C.O=C(O)C(=O)O.O=C(O)C(=O)O. The van der Waals surface area contributed by atoms with Gasteiger partial charge in [0.15, 0.2) is 5.82 Å². The maximum absolute atomic E-state index is 9.10. The van der Waals surface area contributed by atoms with E-state index in [0.717, 1.165) is 48.8 Å². The van der Waals surface area contributed by atoms with Gasteiger partial charge in [-0.05, 0) is 44.5 Å². The van der Waals surface area contributed by atoms with Crippen LogP contribution in [0.2, 0.25) is 0 Å². The smallest absolute Gasteiger partial charge is 0.414 e. The van der Waals surface area contributed by atoms with Crippen LogP contribution in [0, 0.1) is 6.92 Å². The van der Waals surface area contributed by atoms with Crippen molar-refractivity contribution in [3.63, 3.8) is 0 Å². The predicted octanol–water partition coefficient (Wildman–Crippen LogP) is 2.30. The fourth-order valence-electron chi connectivity index (χ4n) is 2.71. The summed E-state index contributed by atoms with van der Waals surface area (Å²) in [5, 5.41) is 41.7. The molecule has 2 rings (SSSR count). The van der Waals surface area contributed by atoms with Gasteiger partial charge in [-0.3, -0.25) is 0 Å². The molecule has 0 aliphatic rings. The van der Waals surface area contributed by atoms with Gasteiger partial charge in [-0.25, -0.2) is 19.2 Å². The fraction of sp³-hybridized carbons (Fsp3) is 0.391. The molecule has 0 fully saturated rings. The largest absolute Gasteiger partial charge is 0.473 e. The molecule has 0 atom stereocenters. The predicted molar refractivity (Wildman–Crippen MR) is 128 cm³/mol. The molecule has 1 heterocycles. The van der Waals surface area contributed by atoms with Crippen molar-refractivity contribution in [1.29, 1.82) is 0 Å². The van der Waals surface area contributed by atoms with E-state index in [2.05, 4.69) is 59.4 Å². The molecule has 1 aromatic carbocycles. The van der Waals surface area contributed by atoms with Crippen molar-refractivity contribution in [3.05, 3.63) is 42.0 Å². The summed E-state index contributed by atoms with van der Waals surface area (Å²) in [5.41, 5.74) is 3.16. The minimum Gasteiger partial charge on any atom is -0.473 e. The standard InChI is InChI=1S/C19H28N4.2C2H2O4/c1-4-12-23(13-5-2)14-11-20-19-16(3)15-18(21-22-19)17-9-7-6-8-10-17;2*3-1(4)2(5)6/h6-10,15H,4-5,11-14H2,1-3H3,(H,20,22);2*(H,3,4)(H,5,6). The molecule has 0 saturated heterocycles. The summed E-state index contributed by atoms with van der Waals surface area (Å²) in [6, 6.07) is 12.3. The highest BCUT2D eigenvalue weighted by Gasteiger charge is 2.07. The molecule has 0 bridgehead atoms. The van der Waals surface area contributed by atoms with Gasteiger partial charge >= 0.3 is 23.9 Å². The Morgan fingerprint density at radius 1 is 0.800 bits per heavy atom. The summed E-state index contributed by atoms with van der Waals surface area (Å²) in [4.78, 5) is 38.9. The molecule has 1 aromatic heterocycles. The van der Waals surface area contributed by atoms with E-state index in [1.54, 1.807) is 0 Å². The van der Waals surface area contributed by atoms with Crippen molar-refractivity contribution >= 4 is 29.7 Å². The third-order valence-electron chi connectivity index (χ3n) is 4.22. The lowest BCUT2D eigenvalue weighted by molar-refractivity contribution is -0.159. The normalized spacial score (nSPS) is 9.71. The van der Waals surface area contributed by atoms with E-state index < -0.39 is 23.9 Å². The van der Waals surface area contributed by atoms with E-state index in [0.29, 0.717) is 0 Å². The summed E-state index contributed by atoms with van der Waals surface area (Å²) in [7, 11) is 0. The van der Waals surface area contributed by atoms with Gasteiger partial charge in [-0.2, -0.15) is 0 Å². The van der Waals surface area contributed by atoms with Gasteiger partial charge in [0.2, 0.25) is 0 Å². The van der Waals surface area contributed by atoms with Crippen LogP contribution in [-0.2, 0) is 19.2 Å². The van der Waals surface area contributed by atoms with E-state index in [1.165, 1.54) is 12.8 Å². The number of nitrogens with zero attached hydrogens (tertiary/aromatic N) is 3. The molecule has 12 nitrogen and oxygen atoms in total. The number of hydrogen-bond acceptors (Lipinski definition) is 8. The number of aryl methyl sites for hydroxylation is 1. The second-order valence-corrected chi connectivity index (χ2v) is 7.12. The van der Waals surface area contributed by atoms with Crippen LogP contribution in [0.5, 0.6) is 0 Å². The molecular formula is C23H32N4O8. The molecule has 0 unspecified atom stereocenters. The Balaban J connectivity index is 0.000000797. The number of carboxylic acids is 4. The highest BCUT2D eigenvalue weighted by atomic mass is 16.4. The fourth-order valence-corrected chi connectivity index (χ4v) is 2.71. The van der Waals surface area contributed by atoms with E-state index in [1.807, 2.05) is 18.2 Å². The van der Waals surface area contributed by atoms with Crippen molar-refractivity contribution in [3.8, 4) is 11.3 Å². The molecule has 0 aliphatic carbocycles. The van der Waals surface area contributed by atoms with Gasteiger partial charge in [-0.15, -0.1) is 10.2 Å². The maximum Gasteiger partial charge on any atom is 0.414 e. The summed E-state index contributed by atoms with van der Waals surface area (Å²) < 4.78 is 0. The average Bonchev–Trinajstić information content (AvgIpc) is 2.81. The van der Waals surface area contributed by atoms with Crippen molar-refractivity contribution in [2.45, 2.75) is 33.6 Å². The molecule has 0 amide bonds. The van der Waals surface area contributed by atoms with E-state index in [9.17, 15) is 0 Å². The topological polar surface area (TPSA) is 190 Å². The maximum atomic E-state index is 9.10. The van der Waals surface area contributed by atoms with E-state index in [4.69, 9.17) is 39.6 Å². The Labute approximate surface area is 203 Å². The summed E-state index contributed by atoms with van der Waals surface area (Å²) in [6.45, 7) is 10.8. The van der Waals surface area contributed by atoms with Crippen LogP contribution in [-0.4, -0.2) is 85.6 Å². The number of carboxylic acid groups (broad SMARTS) is 4. The molecule has 35 heavy (non-hydrogen) atoms. The summed E-state index contributed by atoms with van der Waals surface area (Å²) >= 11 is 0. The first-order valence-electron chi connectivity index (χ1n) is 10.8. The molecule has 5 N–H and O–H groups in total. The van der Waals surface area contributed by atoms with Crippen molar-refractivity contribution in [2.24, 2.45) is 0 Å². The molecule has 2 aromatic rings. The lowest BCUT2D eigenvalue weighted by Gasteiger charge is -2.21. The Morgan fingerprint density at radius 3 is 1.69 bits per heavy atom. The van der Waals surface area contributed by atoms with Gasteiger partial charge in [0.05, 0.1) is 5.69 Å². The second-order valence-electron chi connectivity index (χ2n) is 7.12. The molecule has 0 radical (unpaired) electrons. The number of anilines is 1. The number of benzene rings is 1. The molecule has 12 heteroatoms. The third kappa shape index (κ3) is 13.9. The van der Waals surface area contributed by atoms with Crippen LogP contribution in [0.15, 0.2) is 36.4 Å². The average molecular weight is 493 g/mol. The zero-order valence-electron chi connectivity index (χ0n) is 20.0. The van der Waals surface area contributed by atoms with Crippen molar-refractivity contribution in [1.82, 2.24) is 15.1 Å². The van der Waals surface area contributed by atoms with Crippen LogP contribution >= 0.6 is 0 Å². The number of aliphatic carboxylic acids is 4. The van der Waals surface area contributed by atoms with Crippen LogP contribution in [0.25, 0.3) is 11.3 Å². The van der Waals surface area contributed by atoms with Crippen LogP contribution in [0.4, 0.5) is 5.82 Å². The molecule has 0 aliphatic heterocycles. The Morgan fingerprint density at radius 2 is 1.29 bits per heavy atom. The minimum absolute atomic E-state index is 0.887. The number of nitrogens with one attached hydrogen (secondary N) is 1. The van der Waals surface area contributed by atoms with Crippen molar-refractivity contribution in [2.75, 3.05) is 31.5 Å². The lowest BCUT2D eigenvalue weighted by Crippen LogP contribution is -2.30. The summed E-state index contributed by atoms with van der Waals surface area (Å²) in [5.74, 6) is -6.41. The van der Waals surface area contributed by atoms with E-state index >= 15 is 0 Å². The first-order chi connectivity index (χ1) is 16.5. The Hall–Kier alpha value is -4.06. The number of aromatic nitrogens is 2. The quantitative estimate of drug-likeness (QED) is 0.321.